The van der Waals surface area contributed by atoms with Crippen LogP contribution in [0.1, 0.15) is 45.6 Å². The van der Waals surface area contributed by atoms with Gasteiger partial charge in [0.1, 0.15) is 6.61 Å². The Kier molecular flexibility index (Phi) is 6.28. The molecular weight excluding hydrogens is 426 g/mol. The summed E-state index contributed by atoms with van der Waals surface area (Å²) in [6, 6.07) is 9.23. The lowest BCUT2D eigenvalue weighted by atomic mass is 9.60. The van der Waals surface area contributed by atoms with Gasteiger partial charge in [0.15, 0.2) is 0 Å². The molecule has 0 spiro atoms. The van der Waals surface area contributed by atoms with Gasteiger partial charge in [-0.05, 0) is 39.2 Å². The molecule has 1 aromatic carbocycles. The fourth-order valence-corrected chi connectivity index (χ4v) is 5.53. The lowest BCUT2D eigenvalue weighted by Gasteiger charge is -2.45. The number of ether oxygens (including phenoxy) is 1. The number of benzene rings is 1. The van der Waals surface area contributed by atoms with Gasteiger partial charge in [-0.15, -0.1) is 0 Å². The van der Waals surface area contributed by atoms with Gasteiger partial charge >= 0.3 is 6.09 Å². The second-order valence-corrected chi connectivity index (χ2v) is 10.1. The molecular formula is C24H31N3O6. The molecule has 1 aliphatic heterocycles. The number of carbonyl (C=O) groups excluding carboxylic acids is 3. The number of imide groups is 1. The van der Waals surface area contributed by atoms with Crippen LogP contribution in [0.3, 0.4) is 0 Å². The number of hydrazone groups is 1. The van der Waals surface area contributed by atoms with E-state index in [1.54, 1.807) is 0 Å². The molecule has 178 valence electrons. The van der Waals surface area contributed by atoms with Gasteiger partial charge in [0.05, 0.1) is 24.0 Å². The van der Waals surface area contributed by atoms with Crippen LogP contribution < -0.4 is 5.43 Å². The number of nitrogens with one attached hydrogen (secondary N) is 1. The van der Waals surface area contributed by atoms with E-state index in [0.717, 1.165) is 5.56 Å². The lowest BCUT2D eigenvalue weighted by Crippen LogP contribution is -2.55. The minimum atomic E-state index is -1.15. The normalized spacial score (nSPS) is 33.0. The number of aliphatic hydroxyl groups excluding tert-OH is 2. The first-order chi connectivity index (χ1) is 15.6. The average Bonchev–Trinajstić information content (AvgIpc) is 3.04. The molecule has 9 nitrogen and oxygen atoms in total. The monoisotopic (exact) mass is 457 g/mol. The molecule has 6 atom stereocenters. The van der Waals surface area contributed by atoms with Crippen LogP contribution in [-0.2, 0) is 20.9 Å². The third-order valence-electron chi connectivity index (χ3n) is 6.95. The summed E-state index contributed by atoms with van der Waals surface area (Å²) in [6.07, 6.45) is -1.93. The fourth-order valence-electron chi connectivity index (χ4n) is 5.53. The Labute approximate surface area is 192 Å². The van der Waals surface area contributed by atoms with Gasteiger partial charge in [-0.1, -0.05) is 30.3 Å². The van der Waals surface area contributed by atoms with E-state index in [2.05, 4.69) is 10.5 Å². The molecule has 0 aromatic heterocycles. The maximum Gasteiger partial charge on any atom is 0.428 e. The first-order valence-electron chi connectivity index (χ1n) is 11.4. The highest BCUT2D eigenvalue weighted by Gasteiger charge is 2.61. The van der Waals surface area contributed by atoms with Crippen molar-refractivity contribution in [1.82, 2.24) is 10.3 Å². The van der Waals surface area contributed by atoms with Gasteiger partial charge in [-0.3, -0.25) is 14.5 Å². The molecule has 3 aliphatic rings. The first kappa shape index (κ1) is 23.4. The molecule has 4 rings (SSSR count). The number of hydrogen-bond donors (Lipinski definition) is 3. The van der Waals surface area contributed by atoms with E-state index in [0.29, 0.717) is 18.6 Å². The molecule has 1 heterocycles. The zero-order valence-corrected chi connectivity index (χ0v) is 19.1. The summed E-state index contributed by atoms with van der Waals surface area (Å²) in [5, 5.41) is 25.5. The lowest BCUT2D eigenvalue weighted by molar-refractivity contribution is -0.146. The van der Waals surface area contributed by atoms with Crippen molar-refractivity contribution in [1.29, 1.82) is 0 Å². The zero-order valence-electron chi connectivity index (χ0n) is 19.1. The molecule has 0 bridgehead atoms. The molecule has 0 unspecified atom stereocenters. The van der Waals surface area contributed by atoms with E-state index in [9.17, 15) is 24.6 Å². The molecule has 2 saturated carbocycles. The summed E-state index contributed by atoms with van der Waals surface area (Å²) in [5.74, 6) is -2.72. The van der Waals surface area contributed by atoms with E-state index < -0.39 is 41.6 Å². The molecule has 2 aliphatic carbocycles. The summed E-state index contributed by atoms with van der Waals surface area (Å²) in [5.41, 5.74) is 3.05. The van der Waals surface area contributed by atoms with Crippen LogP contribution in [0, 0.1) is 23.7 Å². The largest absolute Gasteiger partial charge is 0.443 e. The molecule has 1 aromatic rings. The van der Waals surface area contributed by atoms with Crippen LogP contribution in [0.5, 0.6) is 0 Å². The number of amides is 3. The van der Waals surface area contributed by atoms with E-state index in [4.69, 9.17) is 4.74 Å². The van der Waals surface area contributed by atoms with Gasteiger partial charge in [0.2, 0.25) is 11.8 Å². The van der Waals surface area contributed by atoms with Crippen LogP contribution in [0.25, 0.3) is 0 Å². The number of likely N-dealkylation sites (tertiary alicyclic amines) is 1. The van der Waals surface area contributed by atoms with Crippen molar-refractivity contribution in [3.63, 3.8) is 0 Å². The van der Waals surface area contributed by atoms with Gasteiger partial charge < -0.3 is 14.9 Å². The third-order valence-corrected chi connectivity index (χ3v) is 6.95. The number of carbonyl (C=O) groups is 3. The Hall–Kier alpha value is -2.78. The molecule has 3 amide bonds. The Morgan fingerprint density at radius 1 is 1.12 bits per heavy atom. The summed E-state index contributed by atoms with van der Waals surface area (Å²) >= 11 is 0. The smallest absolute Gasteiger partial charge is 0.428 e. The number of fused-ring (bicyclic) bond motifs is 3. The first-order valence-corrected chi connectivity index (χ1v) is 11.4. The van der Waals surface area contributed by atoms with E-state index in [-0.39, 0.29) is 30.8 Å². The van der Waals surface area contributed by atoms with Crippen molar-refractivity contribution >= 4 is 23.6 Å². The number of nitrogens with zero attached hydrogens (tertiary/aromatic N) is 2. The maximum absolute atomic E-state index is 13.3. The topological polar surface area (TPSA) is 129 Å². The van der Waals surface area contributed by atoms with Crippen LogP contribution >= 0.6 is 0 Å². The molecule has 3 fully saturated rings. The second kappa shape index (κ2) is 8.87. The number of hydrogen-bond acceptors (Lipinski definition) is 7. The van der Waals surface area contributed by atoms with E-state index in [1.165, 1.54) is 4.90 Å². The predicted molar refractivity (Wildman–Crippen MR) is 119 cm³/mol. The van der Waals surface area contributed by atoms with Crippen molar-refractivity contribution in [2.24, 2.45) is 28.8 Å². The van der Waals surface area contributed by atoms with Crippen LogP contribution in [0.4, 0.5) is 4.79 Å². The second-order valence-electron chi connectivity index (χ2n) is 10.1. The van der Waals surface area contributed by atoms with Crippen LogP contribution in [-0.4, -0.2) is 56.5 Å². The Morgan fingerprint density at radius 2 is 1.79 bits per heavy atom. The van der Waals surface area contributed by atoms with Gasteiger partial charge in [0, 0.05) is 29.5 Å². The van der Waals surface area contributed by atoms with Crippen molar-refractivity contribution < 1.29 is 29.3 Å². The average molecular weight is 458 g/mol. The summed E-state index contributed by atoms with van der Waals surface area (Å²) in [7, 11) is 0. The SMILES string of the molecule is CC(C)(C)N1C(=O)[C@H]2[C@H]3[C@H](O)[C@H](O)C/C(=N\NC(=O)OCc4ccccc4)[C@@H]3CC[C@H]2C1=O. The Morgan fingerprint density at radius 3 is 2.45 bits per heavy atom. The summed E-state index contributed by atoms with van der Waals surface area (Å²) < 4.78 is 5.18. The van der Waals surface area contributed by atoms with Crippen molar-refractivity contribution in [2.75, 3.05) is 0 Å². The molecule has 9 heteroatoms. The number of rotatable bonds is 3. The third kappa shape index (κ3) is 4.39. The van der Waals surface area contributed by atoms with Crippen LogP contribution in [0.2, 0.25) is 0 Å². The van der Waals surface area contributed by atoms with Crippen LogP contribution in [0.15, 0.2) is 35.4 Å². The molecule has 1 saturated heterocycles. The van der Waals surface area contributed by atoms with E-state index in [1.807, 2.05) is 51.1 Å². The highest BCUT2D eigenvalue weighted by atomic mass is 16.6. The summed E-state index contributed by atoms with van der Waals surface area (Å²) in [4.78, 5) is 39.7. The van der Waals surface area contributed by atoms with Crippen molar-refractivity contribution in [2.45, 2.75) is 64.4 Å². The fraction of sp³-hybridized carbons (Fsp3) is 0.583. The standard InChI is InChI=1S/C24H31N3O6/c1-24(2,3)27-21(30)15-10-9-14-16(11-17(28)20(29)18(14)19(15)22(27)31)25-26-23(32)33-12-13-7-5-4-6-8-13/h4-8,14-15,17-20,28-29H,9-12H2,1-3H3,(H,26,32)/b25-16+/t14-,15+,17+,18-,19+,20+/m0/s1. The number of aliphatic hydroxyl groups is 2. The molecule has 0 radical (unpaired) electrons. The molecule has 33 heavy (non-hydrogen) atoms. The van der Waals surface area contributed by atoms with Crippen molar-refractivity contribution in [3.8, 4) is 0 Å². The van der Waals surface area contributed by atoms with Gasteiger partial charge in [-0.25, -0.2) is 10.2 Å². The maximum atomic E-state index is 13.3. The van der Waals surface area contributed by atoms with Gasteiger partial charge in [0.25, 0.3) is 0 Å². The van der Waals surface area contributed by atoms with E-state index >= 15 is 0 Å². The Bertz CT molecular complexity index is 957. The Balaban J connectivity index is 1.50. The zero-order chi connectivity index (χ0) is 23.9. The van der Waals surface area contributed by atoms with Crippen molar-refractivity contribution in [3.05, 3.63) is 35.9 Å². The van der Waals surface area contributed by atoms with Gasteiger partial charge in [-0.2, -0.15) is 5.10 Å². The highest BCUT2D eigenvalue weighted by molar-refractivity contribution is 6.06. The predicted octanol–water partition coefficient (Wildman–Crippen LogP) is 1.82. The quantitative estimate of drug-likeness (QED) is 0.469. The summed E-state index contributed by atoms with van der Waals surface area (Å²) in [6.45, 7) is 5.51. The molecule has 3 N–H and O–H groups in total. The minimum Gasteiger partial charge on any atom is -0.443 e. The highest BCUT2D eigenvalue weighted by Crippen LogP contribution is 2.50. The minimum absolute atomic E-state index is 0.0732.